The summed E-state index contributed by atoms with van der Waals surface area (Å²) in [5.74, 6) is 7.57. The van der Waals surface area contributed by atoms with Crippen molar-refractivity contribution in [3.8, 4) is 29.0 Å². The average Bonchev–Trinajstić information content (AvgIpc) is 2.91. The minimum absolute atomic E-state index is 0.400. The molecule has 6 heteroatoms. The molecule has 0 unspecified atom stereocenters. The van der Waals surface area contributed by atoms with E-state index in [-0.39, 0.29) is 0 Å². The van der Waals surface area contributed by atoms with Crippen LogP contribution in [0.1, 0.15) is 11.1 Å². The van der Waals surface area contributed by atoms with Gasteiger partial charge in [0.1, 0.15) is 29.0 Å². The van der Waals surface area contributed by atoms with Crippen LogP contribution in [-0.2, 0) is 4.74 Å². The predicted octanol–water partition coefficient (Wildman–Crippen LogP) is 5.36. The van der Waals surface area contributed by atoms with Crippen LogP contribution >= 0.6 is 0 Å². The molecule has 35 heavy (non-hydrogen) atoms. The van der Waals surface area contributed by atoms with Gasteiger partial charge >= 0.3 is 0 Å². The molecule has 3 aromatic carbocycles. The van der Waals surface area contributed by atoms with E-state index >= 15 is 0 Å². The molecule has 6 nitrogen and oxygen atoms in total. The van der Waals surface area contributed by atoms with E-state index in [1.54, 1.807) is 19.4 Å². The molecule has 0 amide bonds. The molecule has 0 aliphatic heterocycles. The van der Waals surface area contributed by atoms with Gasteiger partial charge in [-0.1, -0.05) is 47.3 Å². The van der Waals surface area contributed by atoms with Crippen molar-refractivity contribution in [3.05, 3.63) is 102 Å². The van der Waals surface area contributed by atoms with Gasteiger partial charge in [-0.2, -0.15) is 0 Å². The lowest BCUT2D eigenvalue weighted by Gasteiger charge is -2.06. The normalized spacial score (nSPS) is 11.4. The van der Waals surface area contributed by atoms with E-state index in [4.69, 9.17) is 13.9 Å². The molecule has 172 valence electrons. The maximum absolute atomic E-state index is 9.62. The Hall–Kier alpha value is -4.60. The van der Waals surface area contributed by atoms with Gasteiger partial charge in [-0.3, -0.25) is 4.98 Å². The Morgan fingerprint density at radius 1 is 0.886 bits per heavy atom. The zero-order valence-corrected chi connectivity index (χ0v) is 19.1. The molecule has 0 radical (unpaired) electrons. The Bertz CT molecular complexity index is 1640. The van der Waals surface area contributed by atoms with Gasteiger partial charge in [-0.05, 0) is 47.9 Å². The largest absolute Gasteiger partial charge is 0.491 e. The first kappa shape index (κ1) is 22.2. The summed E-state index contributed by atoms with van der Waals surface area (Å²) in [6, 6.07) is 24.7. The van der Waals surface area contributed by atoms with E-state index in [0.717, 1.165) is 27.6 Å². The van der Waals surface area contributed by atoms with Crippen molar-refractivity contribution in [3.63, 3.8) is 0 Å². The van der Waals surface area contributed by atoms with Crippen LogP contribution < -0.4 is 10.1 Å². The minimum atomic E-state index is 0.400. The monoisotopic (exact) mass is 462 g/mol. The van der Waals surface area contributed by atoms with Crippen molar-refractivity contribution >= 4 is 21.7 Å². The Morgan fingerprint density at radius 3 is 2.54 bits per heavy atom. The highest BCUT2D eigenvalue weighted by atomic mass is 16.5. The summed E-state index contributed by atoms with van der Waals surface area (Å²) in [6.45, 7) is 1.00. The first-order chi connectivity index (χ1) is 17.2. The first-order valence-electron chi connectivity index (χ1n) is 11.1. The van der Waals surface area contributed by atoms with Gasteiger partial charge in [-0.25, -0.2) is 0 Å². The number of aromatic nitrogens is 1. The Labute approximate surface area is 202 Å². The van der Waals surface area contributed by atoms with E-state index in [2.05, 4.69) is 22.0 Å². The van der Waals surface area contributed by atoms with Crippen molar-refractivity contribution in [2.75, 3.05) is 20.3 Å². The lowest BCUT2D eigenvalue weighted by molar-refractivity contribution is 0.146. The van der Waals surface area contributed by atoms with E-state index < -0.39 is 0 Å². The van der Waals surface area contributed by atoms with Gasteiger partial charge in [-0.15, -0.1) is 0 Å². The zero-order chi connectivity index (χ0) is 24.0. The number of methoxy groups -OCH3 is 1. The molecule has 1 N–H and O–H groups in total. The number of pyridine rings is 1. The summed E-state index contributed by atoms with van der Waals surface area (Å²) >= 11 is 0. The number of hydrogen-bond donors (Lipinski definition) is 1. The third-order valence-corrected chi connectivity index (χ3v) is 5.48. The minimum Gasteiger partial charge on any atom is -0.491 e. The molecule has 0 fully saturated rings. The quantitative estimate of drug-likeness (QED) is 0.165. The summed E-state index contributed by atoms with van der Waals surface area (Å²) in [7, 11) is 1.64. The average molecular weight is 463 g/mol. The molecule has 0 bridgehead atoms. The van der Waals surface area contributed by atoms with E-state index in [9.17, 15) is 5.21 Å². The highest BCUT2D eigenvalue weighted by molar-refractivity contribution is 5.85. The predicted molar refractivity (Wildman–Crippen MR) is 134 cm³/mol. The van der Waals surface area contributed by atoms with Gasteiger partial charge < -0.3 is 19.1 Å². The molecule has 0 aliphatic rings. The second kappa shape index (κ2) is 10.1. The molecule has 0 saturated heterocycles. The van der Waals surface area contributed by atoms with Crippen LogP contribution in [0.25, 0.3) is 33.2 Å². The van der Waals surface area contributed by atoms with E-state index in [0.29, 0.717) is 41.0 Å². The highest BCUT2D eigenvalue weighted by Gasteiger charge is 2.09. The SMILES string of the molecule is COCCOc1cccc(C#Cc2ccc3c(=NO)cc(-c4cc5ccccc5cn4)oc3c2)c1. The van der Waals surface area contributed by atoms with Crippen molar-refractivity contribution in [2.45, 2.75) is 0 Å². The summed E-state index contributed by atoms with van der Waals surface area (Å²) in [6.07, 6.45) is 1.80. The van der Waals surface area contributed by atoms with E-state index in [1.807, 2.05) is 72.8 Å². The second-order valence-electron chi connectivity index (χ2n) is 7.84. The van der Waals surface area contributed by atoms with E-state index in [1.165, 1.54) is 0 Å². The number of hydrogen-bond acceptors (Lipinski definition) is 6. The number of nitrogens with zero attached hydrogens (tertiary/aromatic N) is 2. The van der Waals surface area contributed by atoms with Gasteiger partial charge in [0.15, 0.2) is 5.76 Å². The fourth-order valence-electron chi connectivity index (χ4n) is 3.72. The lowest BCUT2D eigenvalue weighted by atomic mass is 10.1. The molecule has 5 aromatic rings. The van der Waals surface area contributed by atoms with Gasteiger partial charge in [0.25, 0.3) is 0 Å². The van der Waals surface area contributed by atoms with Gasteiger partial charge in [0, 0.05) is 41.3 Å². The van der Waals surface area contributed by atoms with Crippen LogP contribution in [0.2, 0.25) is 0 Å². The maximum Gasteiger partial charge on any atom is 0.155 e. The van der Waals surface area contributed by atoms with Crippen molar-refractivity contribution in [1.82, 2.24) is 4.98 Å². The van der Waals surface area contributed by atoms with Crippen LogP contribution in [0.3, 0.4) is 0 Å². The van der Waals surface area contributed by atoms with Crippen LogP contribution in [0, 0.1) is 11.8 Å². The van der Waals surface area contributed by atoms with Gasteiger partial charge in [0.2, 0.25) is 0 Å². The highest BCUT2D eigenvalue weighted by Crippen LogP contribution is 2.24. The molecule has 0 aliphatic carbocycles. The molecular formula is C29H22N2O4. The molecular weight excluding hydrogens is 440 g/mol. The smallest absolute Gasteiger partial charge is 0.155 e. The standard InChI is InChI=1S/C29H22N2O4/c1-33-13-14-34-24-8-4-5-20(15-24)9-10-21-11-12-25-26(31-32)18-29(35-28(25)16-21)27-17-22-6-2-3-7-23(22)19-30-27/h2-8,11-12,15-19,32H,13-14H2,1H3. The Morgan fingerprint density at radius 2 is 1.71 bits per heavy atom. The van der Waals surface area contributed by atoms with Crippen LogP contribution in [0.5, 0.6) is 5.75 Å². The lowest BCUT2D eigenvalue weighted by Crippen LogP contribution is -2.04. The molecule has 0 spiro atoms. The van der Waals surface area contributed by atoms with Crippen LogP contribution in [-0.4, -0.2) is 30.5 Å². The molecule has 2 heterocycles. The summed E-state index contributed by atoms with van der Waals surface area (Å²) < 4.78 is 16.8. The third kappa shape index (κ3) is 5.01. The topological polar surface area (TPSA) is 77.1 Å². The number of ether oxygens (including phenoxy) is 2. The molecule has 2 aromatic heterocycles. The van der Waals surface area contributed by atoms with Crippen LogP contribution in [0.15, 0.2) is 94.6 Å². The Balaban J connectivity index is 1.50. The van der Waals surface area contributed by atoms with Crippen molar-refractivity contribution in [2.24, 2.45) is 5.16 Å². The first-order valence-corrected chi connectivity index (χ1v) is 11.1. The second-order valence-corrected chi connectivity index (χ2v) is 7.84. The fraction of sp³-hybridized carbons (Fsp3) is 0.103. The summed E-state index contributed by atoms with van der Waals surface area (Å²) in [5, 5.41) is 16.2. The number of rotatable bonds is 5. The van der Waals surface area contributed by atoms with Crippen molar-refractivity contribution in [1.29, 1.82) is 0 Å². The number of benzene rings is 3. The molecule has 0 atom stereocenters. The number of fused-ring (bicyclic) bond motifs is 2. The summed E-state index contributed by atoms with van der Waals surface area (Å²) in [5.41, 5.74) is 2.79. The molecule has 0 saturated carbocycles. The summed E-state index contributed by atoms with van der Waals surface area (Å²) in [4.78, 5) is 4.53. The fourth-order valence-corrected chi connectivity index (χ4v) is 3.72. The third-order valence-electron chi connectivity index (χ3n) is 5.48. The molecule has 5 rings (SSSR count). The maximum atomic E-state index is 9.62. The van der Waals surface area contributed by atoms with Crippen LogP contribution in [0.4, 0.5) is 0 Å². The van der Waals surface area contributed by atoms with Crippen molar-refractivity contribution < 1.29 is 19.1 Å². The Kier molecular flexibility index (Phi) is 6.42. The zero-order valence-electron chi connectivity index (χ0n) is 19.1. The van der Waals surface area contributed by atoms with Gasteiger partial charge in [0.05, 0.1) is 6.61 Å².